The van der Waals surface area contributed by atoms with E-state index in [2.05, 4.69) is 21.2 Å². The van der Waals surface area contributed by atoms with E-state index in [0.29, 0.717) is 23.2 Å². The van der Waals surface area contributed by atoms with Crippen LogP contribution in [-0.4, -0.2) is 23.5 Å². The molecule has 6 heteroatoms. The zero-order valence-corrected chi connectivity index (χ0v) is 9.41. The van der Waals surface area contributed by atoms with Crippen LogP contribution in [0.1, 0.15) is 23.2 Å². The Kier molecular flexibility index (Phi) is 4.36. The largest absolute Gasteiger partial charge is 0.481 e. The summed E-state index contributed by atoms with van der Waals surface area (Å²) in [7, 11) is 0. The molecule has 0 saturated carbocycles. The number of rotatable bonds is 5. The van der Waals surface area contributed by atoms with Gasteiger partial charge in [-0.25, -0.2) is 0 Å². The van der Waals surface area contributed by atoms with Gasteiger partial charge >= 0.3 is 5.97 Å². The van der Waals surface area contributed by atoms with Crippen LogP contribution >= 0.6 is 15.9 Å². The molecule has 0 aliphatic rings. The lowest BCUT2D eigenvalue weighted by molar-refractivity contribution is -0.137. The number of halogens is 1. The van der Waals surface area contributed by atoms with E-state index in [1.165, 1.54) is 12.3 Å². The molecule has 5 nitrogen and oxygen atoms in total. The second-order valence-electron chi connectivity index (χ2n) is 2.86. The van der Waals surface area contributed by atoms with E-state index < -0.39 is 5.97 Å². The first-order valence-corrected chi connectivity index (χ1v) is 5.13. The molecule has 0 atom stereocenters. The number of carbonyl (C=O) groups is 2. The Morgan fingerprint density at radius 2 is 2.27 bits per heavy atom. The van der Waals surface area contributed by atoms with Gasteiger partial charge in [0.15, 0.2) is 4.67 Å². The Hall–Kier alpha value is -1.30. The van der Waals surface area contributed by atoms with Crippen LogP contribution in [-0.2, 0) is 4.79 Å². The average molecular weight is 276 g/mol. The third kappa shape index (κ3) is 3.75. The molecule has 15 heavy (non-hydrogen) atoms. The normalized spacial score (nSPS) is 9.93. The number of aliphatic carboxylic acids is 1. The van der Waals surface area contributed by atoms with Gasteiger partial charge in [-0.15, -0.1) is 0 Å². The molecule has 0 bridgehead atoms. The highest BCUT2D eigenvalue weighted by atomic mass is 79.9. The van der Waals surface area contributed by atoms with Crippen LogP contribution in [0.3, 0.4) is 0 Å². The molecule has 0 aromatic carbocycles. The summed E-state index contributed by atoms with van der Waals surface area (Å²) in [6.45, 7) is 0.336. The van der Waals surface area contributed by atoms with Gasteiger partial charge < -0.3 is 14.8 Å². The summed E-state index contributed by atoms with van der Waals surface area (Å²) in [6, 6.07) is 1.54. The van der Waals surface area contributed by atoms with Crippen LogP contribution in [0.5, 0.6) is 0 Å². The number of carbonyl (C=O) groups excluding carboxylic acids is 1. The third-order valence-corrected chi connectivity index (χ3v) is 2.33. The molecule has 1 heterocycles. The van der Waals surface area contributed by atoms with Crippen molar-refractivity contribution in [1.29, 1.82) is 0 Å². The Labute approximate surface area is 94.6 Å². The summed E-state index contributed by atoms with van der Waals surface area (Å²) >= 11 is 3.08. The predicted octanol–water partition coefficient (Wildman–Crippen LogP) is 1.64. The van der Waals surface area contributed by atoms with Gasteiger partial charge in [0.1, 0.15) is 0 Å². The van der Waals surface area contributed by atoms with Crippen molar-refractivity contribution in [3.05, 3.63) is 22.6 Å². The van der Waals surface area contributed by atoms with Crippen molar-refractivity contribution >= 4 is 27.8 Å². The van der Waals surface area contributed by atoms with Crippen molar-refractivity contribution in [2.45, 2.75) is 12.8 Å². The van der Waals surface area contributed by atoms with Crippen molar-refractivity contribution in [1.82, 2.24) is 5.32 Å². The molecule has 0 fully saturated rings. The summed E-state index contributed by atoms with van der Waals surface area (Å²) in [5.41, 5.74) is 0.408. The molecular weight excluding hydrogens is 266 g/mol. The number of nitrogens with one attached hydrogen (secondary N) is 1. The maximum absolute atomic E-state index is 11.4. The molecule has 0 aliphatic heterocycles. The Morgan fingerprint density at radius 1 is 1.53 bits per heavy atom. The lowest BCUT2D eigenvalue weighted by atomic mass is 10.3. The van der Waals surface area contributed by atoms with Crippen LogP contribution < -0.4 is 5.32 Å². The van der Waals surface area contributed by atoms with E-state index in [0.717, 1.165) is 0 Å². The monoisotopic (exact) mass is 275 g/mol. The third-order valence-electron chi connectivity index (χ3n) is 1.72. The highest BCUT2D eigenvalue weighted by molar-refractivity contribution is 9.10. The lowest BCUT2D eigenvalue weighted by Gasteiger charge is -2.01. The molecule has 1 aromatic rings. The topological polar surface area (TPSA) is 79.5 Å². The van der Waals surface area contributed by atoms with Crippen molar-refractivity contribution in [3.8, 4) is 0 Å². The molecule has 0 unspecified atom stereocenters. The highest BCUT2D eigenvalue weighted by Crippen LogP contribution is 2.16. The zero-order chi connectivity index (χ0) is 11.3. The quantitative estimate of drug-likeness (QED) is 0.801. The minimum Gasteiger partial charge on any atom is -0.481 e. The van der Waals surface area contributed by atoms with E-state index in [1.807, 2.05) is 0 Å². The SMILES string of the molecule is O=C(O)CCCNC(=O)c1ccoc1Br. The fourth-order valence-corrected chi connectivity index (χ4v) is 1.41. The molecular formula is C9H10BrNO4. The van der Waals surface area contributed by atoms with E-state index in [-0.39, 0.29) is 12.3 Å². The van der Waals surface area contributed by atoms with E-state index in [4.69, 9.17) is 9.52 Å². The van der Waals surface area contributed by atoms with Gasteiger partial charge in [-0.3, -0.25) is 9.59 Å². The van der Waals surface area contributed by atoms with Gasteiger partial charge in [-0.1, -0.05) is 0 Å². The lowest BCUT2D eigenvalue weighted by Crippen LogP contribution is -2.24. The molecule has 0 radical (unpaired) electrons. The molecule has 0 saturated heterocycles. The first kappa shape index (κ1) is 11.8. The number of amides is 1. The summed E-state index contributed by atoms with van der Waals surface area (Å²) in [4.78, 5) is 21.6. The van der Waals surface area contributed by atoms with Gasteiger partial charge in [0.2, 0.25) is 0 Å². The van der Waals surface area contributed by atoms with Crippen molar-refractivity contribution in [2.75, 3.05) is 6.54 Å². The molecule has 1 rings (SSSR count). The first-order valence-electron chi connectivity index (χ1n) is 4.34. The highest BCUT2D eigenvalue weighted by Gasteiger charge is 2.11. The average Bonchev–Trinajstić information content (AvgIpc) is 2.58. The van der Waals surface area contributed by atoms with Crippen LogP contribution in [0.15, 0.2) is 21.4 Å². The van der Waals surface area contributed by atoms with Crippen LogP contribution in [0.4, 0.5) is 0 Å². The second-order valence-corrected chi connectivity index (χ2v) is 3.58. The maximum Gasteiger partial charge on any atom is 0.303 e. The van der Waals surface area contributed by atoms with Crippen LogP contribution in [0, 0.1) is 0 Å². The predicted molar refractivity (Wildman–Crippen MR) is 55.6 cm³/mol. The Balaban J connectivity index is 2.31. The maximum atomic E-state index is 11.4. The molecule has 0 aliphatic carbocycles. The van der Waals surface area contributed by atoms with Gasteiger partial charge in [0.05, 0.1) is 11.8 Å². The van der Waals surface area contributed by atoms with E-state index >= 15 is 0 Å². The summed E-state index contributed by atoms with van der Waals surface area (Å²) in [6.07, 6.45) is 1.86. The van der Waals surface area contributed by atoms with Crippen molar-refractivity contribution < 1.29 is 19.1 Å². The summed E-state index contributed by atoms with van der Waals surface area (Å²) < 4.78 is 5.27. The minimum absolute atomic E-state index is 0.0484. The van der Waals surface area contributed by atoms with Gasteiger partial charge in [-0.05, 0) is 28.4 Å². The smallest absolute Gasteiger partial charge is 0.303 e. The summed E-state index contributed by atoms with van der Waals surface area (Å²) in [5, 5.41) is 11.0. The molecule has 1 aromatic heterocycles. The second kappa shape index (κ2) is 5.55. The Bertz CT molecular complexity index is 361. The molecule has 0 spiro atoms. The number of carboxylic acid groups (broad SMARTS) is 1. The number of hydrogen-bond acceptors (Lipinski definition) is 3. The first-order chi connectivity index (χ1) is 7.11. The van der Waals surface area contributed by atoms with Gasteiger partial charge in [0, 0.05) is 13.0 Å². The Morgan fingerprint density at radius 3 is 2.80 bits per heavy atom. The van der Waals surface area contributed by atoms with E-state index in [9.17, 15) is 9.59 Å². The van der Waals surface area contributed by atoms with E-state index in [1.54, 1.807) is 0 Å². The van der Waals surface area contributed by atoms with Crippen molar-refractivity contribution in [2.24, 2.45) is 0 Å². The fourth-order valence-electron chi connectivity index (χ4n) is 0.993. The molecule has 2 N–H and O–H groups in total. The number of carboxylic acids is 1. The fraction of sp³-hybridized carbons (Fsp3) is 0.333. The van der Waals surface area contributed by atoms with Gasteiger partial charge in [0.25, 0.3) is 5.91 Å². The summed E-state index contributed by atoms with van der Waals surface area (Å²) in [5.74, 6) is -1.14. The van der Waals surface area contributed by atoms with Crippen LogP contribution in [0.2, 0.25) is 0 Å². The minimum atomic E-state index is -0.867. The van der Waals surface area contributed by atoms with Crippen molar-refractivity contribution in [3.63, 3.8) is 0 Å². The number of hydrogen-bond donors (Lipinski definition) is 2. The van der Waals surface area contributed by atoms with Gasteiger partial charge in [-0.2, -0.15) is 0 Å². The number of furan rings is 1. The molecule has 1 amide bonds. The standard InChI is InChI=1S/C9H10BrNO4/c10-8-6(3-5-15-8)9(14)11-4-1-2-7(12)13/h3,5H,1-2,4H2,(H,11,14)(H,12,13). The van der Waals surface area contributed by atoms with Crippen LogP contribution in [0.25, 0.3) is 0 Å². The zero-order valence-electron chi connectivity index (χ0n) is 7.83. The molecule has 82 valence electrons.